The zero-order valence-electron chi connectivity index (χ0n) is 24.1. The van der Waals surface area contributed by atoms with Crippen LogP contribution in [0, 0.1) is 6.92 Å². The fraction of sp³-hybridized carbons (Fsp3) is 0.355. The highest BCUT2D eigenvalue weighted by atomic mass is 35.5. The van der Waals surface area contributed by atoms with Crippen molar-refractivity contribution in [2.75, 3.05) is 17.5 Å². The minimum atomic E-state index is -4.24. The summed E-state index contributed by atoms with van der Waals surface area (Å²) in [4.78, 5) is 28.8. The van der Waals surface area contributed by atoms with Gasteiger partial charge in [-0.1, -0.05) is 60.5 Å². The first kappa shape index (κ1) is 32.0. The second kappa shape index (κ2) is 14.4. The first-order chi connectivity index (χ1) is 19.5. The molecule has 8 nitrogen and oxygen atoms in total. The van der Waals surface area contributed by atoms with Crippen LogP contribution in [0.15, 0.2) is 77.7 Å². The molecule has 0 bridgehead atoms. The van der Waals surface area contributed by atoms with Crippen LogP contribution in [0.25, 0.3) is 0 Å². The summed E-state index contributed by atoms with van der Waals surface area (Å²) in [6, 6.07) is 19.1. The summed E-state index contributed by atoms with van der Waals surface area (Å²) in [5.74, 6) is -0.514. The van der Waals surface area contributed by atoms with Gasteiger partial charge >= 0.3 is 0 Å². The molecule has 0 aromatic heterocycles. The Labute approximate surface area is 248 Å². The van der Waals surface area contributed by atoms with Crippen LogP contribution in [-0.2, 0) is 26.2 Å². The Hall–Kier alpha value is -3.56. The monoisotopic (exact) mass is 599 g/mol. The lowest BCUT2D eigenvalue weighted by atomic mass is 10.1. The summed E-state index contributed by atoms with van der Waals surface area (Å²) in [5, 5.41) is 3.28. The molecular weight excluding hydrogens is 562 g/mol. The maximum atomic E-state index is 14.2. The number of carbonyl (C=O) groups is 2. The first-order valence-corrected chi connectivity index (χ1v) is 15.4. The normalized spacial score (nSPS) is 12.1. The Morgan fingerprint density at radius 1 is 0.951 bits per heavy atom. The highest BCUT2D eigenvalue weighted by Gasteiger charge is 2.34. The summed E-state index contributed by atoms with van der Waals surface area (Å²) in [5.41, 5.74) is 2.10. The number of hydrogen-bond acceptors (Lipinski definition) is 5. The Kier molecular flexibility index (Phi) is 11.2. The van der Waals surface area contributed by atoms with Gasteiger partial charge in [-0.25, -0.2) is 8.42 Å². The molecule has 0 heterocycles. The lowest BCUT2D eigenvalue weighted by Crippen LogP contribution is -2.53. The zero-order chi connectivity index (χ0) is 30.2. The van der Waals surface area contributed by atoms with E-state index in [0.29, 0.717) is 23.8 Å². The van der Waals surface area contributed by atoms with Crippen molar-refractivity contribution in [2.45, 2.75) is 64.6 Å². The molecular formula is C31H38ClN3O5S. The van der Waals surface area contributed by atoms with Gasteiger partial charge in [0, 0.05) is 17.6 Å². The highest BCUT2D eigenvalue weighted by molar-refractivity contribution is 7.92. The minimum Gasteiger partial charge on any atom is -0.492 e. The van der Waals surface area contributed by atoms with Crippen molar-refractivity contribution in [3.63, 3.8) is 0 Å². The third-order valence-electron chi connectivity index (χ3n) is 6.40. The SMILES string of the molecule is CCOc1ccccc1N(CC(=O)N(Cc1ccc(C)cc1)[C@@H](CC)C(=O)NC(C)C)S(=O)(=O)c1ccc(Cl)cc1. The van der Waals surface area contributed by atoms with Crippen molar-refractivity contribution >= 4 is 39.1 Å². The number of carbonyl (C=O) groups excluding carboxylic acids is 2. The molecule has 220 valence electrons. The molecule has 3 aromatic carbocycles. The number of hydrogen-bond donors (Lipinski definition) is 1. The van der Waals surface area contributed by atoms with E-state index in [-0.39, 0.29) is 29.1 Å². The number of nitrogens with zero attached hydrogens (tertiary/aromatic N) is 2. The van der Waals surface area contributed by atoms with Gasteiger partial charge in [0.05, 0.1) is 17.2 Å². The Bertz CT molecular complexity index is 1430. The molecule has 0 aliphatic rings. The number of aryl methyl sites for hydroxylation is 1. The van der Waals surface area contributed by atoms with Gasteiger partial charge in [-0.15, -0.1) is 0 Å². The van der Waals surface area contributed by atoms with Crippen LogP contribution in [0.2, 0.25) is 5.02 Å². The second-order valence-electron chi connectivity index (χ2n) is 9.96. The first-order valence-electron chi connectivity index (χ1n) is 13.6. The Morgan fingerprint density at radius 3 is 2.17 bits per heavy atom. The molecule has 41 heavy (non-hydrogen) atoms. The standard InChI is InChI=1S/C31H38ClN3O5S/c1-6-27(31(37)33-22(3)4)34(20-24-14-12-23(5)13-15-24)30(36)21-35(28-10-8-9-11-29(28)40-7-2)41(38,39)26-18-16-25(32)17-19-26/h8-19,22,27H,6-7,20-21H2,1-5H3,(H,33,37)/t27-/m0/s1. The molecule has 3 aromatic rings. The number of benzene rings is 3. The lowest BCUT2D eigenvalue weighted by Gasteiger charge is -2.34. The number of rotatable bonds is 13. The van der Waals surface area contributed by atoms with Crippen molar-refractivity contribution in [1.29, 1.82) is 0 Å². The summed E-state index contributed by atoms with van der Waals surface area (Å²) < 4.78 is 34.9. The van der Waals surface area contributed by atoms with Gasteiger partial charge in [0.15, 0.2) is 0 Å². The van der Waals surface area contributed by atoms with Gasteiger partial charge in [0.2, 0.25) is 11.8 Å². The largest absolute Gasteiger partial charge is 0.492 e. The molecule has 0 unspecified atom stereocenters. The van der Waals surface area contributed by atoms with Crippen LogP contribution in [0.4, 0.5) is 5.69 Å². The predicted molar refractivity (Wildman–Crippen MR) is 163 cm³/mol. The molecule has 3 rings (SSSR count). The lowest BCUT2D eigenvalue weighted by molar-refractivity contribution is -0.140. The van der Waals surface area contributed by atoms with Crippen LogP contribution < -0.4 is 14.4 Å². The fourth-order valence-corrected chi connectivity index (χ4v) is 5.93. The van der Waals surface area contributed by atoms with Crippen LogP contribution in [0.1, 0.15) is 45.2 Å². The Balaban J connectivity index is 2.11. The van der Waals surface area contributed by atoms with Gasteiger partial charge in [-0.05, 0) is 76.1 Å². The average Bonchev–Trinajstić information content (AvgIpc) is 2.93. The molecule has 0 saturated heterocycles. The molecule has 0 saturated carbocycles. The molecule has 0 radical (unpaired) electrons. The van der Waals surface area contributed by atoms with Crippen molar-refractivity contribution < 1.29 is 22.7 Å². The van der Waals surface area contributed by atoms with Gasteiger partial charge < -0.3 is 15.0 Å². The number of ether oxygens (including phenoxy) is 1. The zero-order valence-corrected chi connectivity index (χ0v) is 25.7. The highest BCUT2D eigenvalue weighted by Crippen LogP contribution is 2.33. The second-order valence-corrected chi connectivity index (χ2v) is 12.3. The summed E-state index contributed by atoms with van der Waals surface area (Å²) in [6.45, 7) is 9.16. The number of amides is 2. The predicted octanol–water partition coefficient (Wildman–Crippen LogP) is 5.57. The third kappa shape index (κ3) is 8.24. The van der Waals surface area contributed by atoms with Gasteiger partial charge in [-0.2, -0.15) is 0 Å². The van der Waals surface area contributed by atoms with Crippen molar-refractivity contribution in [3.05, 3.63) is 88.9 Å². The van der Waals surface area contributed by atoms with E-state index in [1.807, 2.05) is 52.0 Å². The molecule has 0 fully saturated rings. The molecule has 10 heteroatoms. The van der Waals surface area contributed by atoms with Gasteiger partial charge in [0.25, 0.3) is 10.0 Å². The van der Waals surface area contributed by atoms with Crippen molar-refractivity contribution in [3.8, 4) is 5.75 Å². The number of anilines is 1. The molecule has 0 aliphatic carbocycles. The topological polar surface area (TPSA) is 96.0 Å². The van der Waals surface area contributed by atoms with E-state index in [1.165, 1.54) is 29.2 Å². The van der Waals surface area contributed by atoms with E-state index in [1.54, 1.807) is 31.2 Å². The van der Waals surface area contributed by atoms with E-state index in [0.717, 1.165) is 15.4 Å². The van der Waals surface area contributed by atoms with Crippen LogP contribution in [0.3, 0.4) is 0 Å². The average molecular weight is 600 g/mol. The van der Waals surface area contributed by atoms with E-state index in [9.17, 15) is 18.0 Å². The molecule has 0 spiro atoms. The van der Waals surface area contributed by atoms with Crippen LogP contribution in [-0.4, -0.2) is 50.4 Å². The molecule has 0 aliphatic heterocycles. The maximum Gasteiger partial charge on any atom is 0.264 e. The Morgan fingerprint density at radius 2 is 1.59 bits per heavy atom. The van der Waals surface area contributed by atoms with Gasteiger partial charge in [-0.3, -0.25) is 13.9 Å². The van der Waals surface area contributed by atoms with E-state index >= 15 is 0 Å². The van der Waals surface area contributed by atoms with E-state index in [2.05, 4.69) is 5.32 Å². The molecule has 1 N–H and O–H groups in total. The quantitative estimate of drug-likeness (QED) is 0.277. The van der Waals surface area contributed by atoms with Crippen molar-refractivity contribution in [1.82, 2.24) is 10.2 Å². The summed E-state index contributed by atoms with van der Waals surface area (Å²) in [7, 11) is -4.24. The molecule has 1 atom stereocenters. The third-order valence-corrected chi connectivity index (χ3v) is 8.43. The summed E-state index contributed by atoms with van der Waals surface area (Å²) >= 11 is 6.03. The van der Waals surface area contributed by atoms with E-state index < -0.39 is 28.5 Å². The smallest absolute Gasteiger partial charge is 0.264 e. The van der Waals surface area contributed by atoms with E-state index in [4.69, 9.17) is 16.3 Å². The number of sulfonamides is 1. The number of para-hydroxylation sites is 2. The number of halogens is 1. The minimum absolute atomic E-state index is 0.0318. The van der Waals surface area contributed by atoms with Crippen LogP contribution >= 0.6 is 11.6 Å². The number of nitrogens with one attached hydrogen (secondary N) is 1. The fourth-order valence-electron chi connectivity index (χ4n) is 4.38. The van der Waals surface area contributed by atoms with Crippen LogP contribution in [0.5, 0.6) is 5.75 Å². The maximum absolute atomic E-state index is 14.2. The van der Waals surface area contributed by atoms with Crippen molar-refractivity contribution in [2.24, 2.45) is 0 Å². The molecule has 2 amide bonds. The summed E-state index contributed by atoms with van der Waals surface area (Å²) in [6.07, 6.45) is 0.343. The van der Waals surface area contributed by atoms with Gasteiger partial charge in [0.1, 0.15) is 18.3 Å².